The Labute approximate surface area is 206 Å². The molecule has 1 heterocycles. The van der Waals surface area contributed by atoms with Crippen molar-refractivity contribution < 1.29 is 4.79 Å². The van der Waals surface area contributed by atoms with Crippen molar-refractivity contribution in [3.63, 3.8) is 0 Å². The molecule has 2 aliphatic rings. The van der Waals surface area contributed by atoms with Gasteiger partial charge in [0.15, 0.2) is 0 Å². The molecular formula is C27H31Cl2NOS. The molecule has 0 radical (unpaired) electrons. The Bertz CT molecular complexity index is 974. The molecule has 1 aliphatic heterocycles. The molecule has 5 heteroatoms. The van der Waals surface area contributed by atoms with Crippen LogP contribution in [0.15, 0.2) is 61.2 Å². The topological polar surface area (TPSA) is 20.3 Å². The molecular weight excluding hydrogens is 457 g/mol. The maximum absolute atomic E-state index is 14.2. The zero-order valence-corrected chi connectivity index (χ0v) is 21.1. The van der Waals surface area contributed by atoms with Crippen LogP contribution in [0.4, 0.5) is 0 Å². The summed E-state index contributed by atoms with van der Waals surface area (Å²) in [5.41, 5.74) is 1.84. The zero-order chi connectivity index (χ0) is 22.9. The number of rotatable bonds is 8. The van der Waals surface area contributed by atoms with Gasteiger partial charge in [0, 0.05) is 27.8 Å². The fourth-order valence-electron chi connectivity index (χ4n) is 5.35. The summed E-state index contributed by atoms with van der Waals surface area (Å²) in [4.78, 5) is 16.4. The van der Waals surface area contributed by atoms with Gasteiger partial charge in [-0.1, -0.05) is 60.5 Å². The van der Waals surface area contributed by atoms with E-state index < -0.39 is 5.41 Å². The lowest BCUT2D eigenvalue weighted by Gasteiger charge is -2.52. The summed E-state index contributed by atoms with van der Waals surface area (Å²) >= 11 is 14.5. The second kappa shape index (κ2) is 9.83. The van der Waals surface area contributed by atoms with E-state index in [9.17, 15) is 4.79 Å². The molecule has 32 heavy (non-hydrogen) atoms. The highest BCUT2D eigenvalue weighted by molar-refractivity contribution is 7.98. The number of carbonyl (C=O) groups is 1. The summed E-state index contributed by atoms with van der Waals surface area (Å²) in [6, 6.07) is 16.4. The van der Waals surface area contributed by atoms with E-state index in [1.54, 1.807) is 0 Å². The second-order valence-corrected chi connectivity index (χ2v) is 11.3. The van der Waals surface area contributed by atoms with Crippen LogP contribution in [0.5, 0.6) is 0 Å². The summed E-state index contributed by atoms with van der Waals surface area (Å²) in [5.74, 6) is 1.92. The number of hydrogen-bond donors (Lipinski definition) is 0. The number of amides is 1. The van der Waals surface area contributed by atoms with Gasteiger partial charge in [0.2, 0.25) is 5.91 Å². The number of allylic oxidation sites excluding steroid dienone is 1. The molecule has 2 fully saturated rings. The van der Waals surface area contributed by atoms with Crippen LogP contribution in [-0.4, -0.2) is 28.9 Å². The Balaban J connectivity index is 1.89. The molecule has 1 saturated heterocycles. The summed E-state index contributed by atoms with van der Waals surface area (Å²) in [5, 5.41) is 1.44. The van der Waals surface area contributed by atoms with Crippen LogP contribution < -0.4 is 0 Å². The number of halogens is 2. The van der Waals surface area contributed by atoms with E-state index in [0.29, 0.717) is 17.4 Å². The molecule has 0 spiro atoms. The Hall–Kier alpha value is -1.42. The lowest BCUT2D eigenvalue weighted by atomic mass is 9.67. The van der Waals surface area contributed by atoms with Crippen molar-refractivity contribution >= 4 is 40.9 Å². The summed E-state index contributed by atoms with van der Waals surface area (Å²) in [6.45, 7) is 6.09. The molecule has 1 aliphatic carbocycles. The van der Waals surface area contributed by atoms with Crippen molar-refractivity contribution in [3.05, 3.63) is 82.4 Å². The smallest absolute Gasteiger partial charge is 0.229 e. The summed E-state index contributed by atoms with van der Waals surface area (Å²) in [7, 11) is 0. The Kier molecular flexibility index (Phi) is 7.29. The van der Waals surface area contributed by atoms with E-state index in [-0.39, 0.29) is 23.9 Å². The van der Waals surface area contributed by atoms with Crippen molar-refractivity contribution in [2.45, 2.75) is 50.6 Å². The van der Waals surface area contributed by atoms with Crippen molar-refractivity contribution in [1.29, 1.82) is 0 Å². The van der Waals surface area contributed by atoms with Gasteiger partial charge < -0.3 is 4.90 Å². The van der Waals surface area contributed by atoms with Gasteiger partial charge in [-0.25, -0.2) is 0 Å². The summed E-state index contributed by atoms with van der Waals surface area (Å²) < 4.78 is 0. The van der Waals surface area contributed by atoms with E-state index in [1.165, 1.54) is 18.4 Å². The third-order valence-electron chi connectivity index (χ3n) is 7.05. The largest absolute Gasteiger partial charge is 0.330 e. The number of nitrogens with zero attached hydrogens (tertiary/aromatic N) is 1. The molecule has 2 aromatic rings. The maximum atomic E-state index is 14.2. The Morgan fingerprint density at radius 1 is 1.16 bits per heavy atom. The molecule has 1 saturated carbocycles. The fraction of sp³-hybridized carbons (Fsp3) is 0.444. The molecule has 2 nitrogen and oxygen atoms in total. The van der Waals surface area contributed by atoms with Gasteiger partial charge in [-0.05, 0) is 73.2 Å². The number of thioether (sulfide) groups is 1. The van der Waals surface area contributed by atoms with Crippen molar-refractivity contribution in [3.8, 4) is 0 Å². The predicted octanol–water partition coefficient (Wildman–Crippen LogP) is 7.77. The van der Waals surface area contributed by atoms with Crippen LogP contribution in [0, 0.1) is 11.3 Å². The van der Waals surface area contributed by atoms with Gasteiger partial charge in [0.05, 0.1) is 11.5 Å². The zero-order valence-electron chi connectivity index (χ0n) is 18.8. The molecule has 0 unspecified atom stereocenters. The van der Waals surface area contributed by atoms with Crippen molar-refractivity contribution in [1.82, 2.24) is 4.90 Å². The van der Waals surface area contributed by atoms with E-state index in [2.05, 4.69) is 48.9 Å². The highest BCUT2D eigenvalue weighted by Crippen LogP contribution is 2.54. The predicted molar refractivity (Wildman–Crippen MR) is 138 cm³/mol. The van der Waals surface area contributed by atoms with Crippen LogP contribution in [-0.2, 0) is 4.79 Å². The number of hydrogen-bond acceptors (Lipinski definition) is 2. The van der Waals surface area contributed by atoms with E-state index >= 15 is 0 Å². The third kappa shape index (κ3) is 4.76. The quantitative estimate of drug-likeness (QED) is 0.354. The molecule has 170 valence electrons. The molecule has 4 atom stereocenters. The Morgan fingerprint density at radius 2 is 1.88 bits per heavy atom. The van der Waals surface area contributed by atoms with Crippen LogP contribution in [0.1, 0.15) is 55.7 Å². The van der Waals surface area contributed by atoms with Crippen LogP contribution in [0.25, 0.3) is 0 Å². The van der Waals surface area contributed by atoms with Crippen LogP contribution >= 0.6 is 35.0 Å². The van der Waals surface area contributed by atoms with Crippen molar-refractivity contribution in [2.75, 3.05) is 12.0 Å². The van der Waals surface area contributed by atoms with E-state index in [4.69, 9.17) is 23.2 Å². The minimum atomic E-state index is -0.483. The molecule has 2 aromatic carbocycles. The molecule has 0 aromatic heterocycles. The number of benzene rings is 2. The van der Waals surface area contributed by atoms with Gasteiger partial charge in [0.1, 0.15) is 0 Å². The molecule has 4 rings (SSSR count). The average Bonchev–Trinajstić information content (AvgIpc) is 3.60. The first-order chi connectivity index (χ1) is 15.4. The first-order valence-electron chi connectivity index (χ1n) is 11.3. The average molecular weight is 489 g/mol. The van der Waals surface area contributed by atoms with Gasteiger partial charge in [-0.3, -0.25) is 4.79 Å². The lowest BCUT2D eigenvalue weighted by molar-refractivity contribution is -0.154. The van der Waals surface area contributed by atoms with E-state index in [1.807, 2.05) is 42.1 Å². The fourth-order valence-corrected chi connectivity index (χ4v) is 6.45. The minimum Gasteiger partial charge on any atom is -0.330 e. The summed E-state index contributed by atoms with van der Waals surface area (Å²) in [6.07, 6.45) is 7.86. The van der Waals surface area contributed by atoms with Crippen LogP contribution in [0.3, 0.4) is 0 Å². The monoisotopic (exact) mass is 487 g/mol. The number of piperidine rings is 1. The number of likely N-dealkylation sites (tertiary alicyclic amines) is 1. The standard InChI is InChI=1S/C27H31Cl2NOS/c1-4-14-27(2)16-23(20-6-5-7-22(29)15-20)25(19-10-12-21(28)13-11-19)30(26(27)31)24(17-32-3)18-8-9-18/h4-7,10-13,15,18,23-25H,1,8-9,14,16-17H2,2-3H3/t23-,24-,25-,27+/m1/s1. The van der Waals surface area contributed by atoms with Gasteiger partial charge in [-0.2, -0.15) is 11.8 Å². The SMILES string of the molecule is C=CC[C@@]1(C)C[C@H](c2cccc(Cl)c2)[C@@H](c2ccc(Cl)cc2)N([C@H](CSC)C2CC2)C1=O. The molecule has 0 N–H and O–H groups in total. The first-order valence-corrected chi connectivity index (χ1v) is 13.5. The molecule has 1 amide bonds. The highest BCUT2D eigenvalue weighted by atomic mass is 35.5. The lowest BCUT2D eigenvalue weighted by Crippen LogP contribution is -2.56. The Morgan fingerprint density at radius 3 is 2.47 bits per heavy atom. The maximum Gasteiger partial charge on any atom is 0.229 e. The van der Waals surface area contributed by atoms with Gasteiger partial charge >= 0.3 is 0 Å². The third-order valence-corrected chi connectivity index (χ3v) is 8.21. The highest BCUT2D eigenvalue weighted by Gasteiger charge is 2.53. The van der Waals surface area contributed by atoms with Crippen LogP contribution in [0.2, 0.25) is 10.0 Å². The van der Waals surface area contributed by atoms with E-state index in [0.717, 1.165) is 22.8 Å². The van der Waals surface area contributed by atoms with Gasteiger partial charge in [0.25, 0.3) is 0 Å². The van der Waals surface area contributed by atoms with Crippen molar-refractivity contribution in [2.24, 2.45) is 11.3 Å². The van der Waals surface area contributed by atoms with Gasteiger partial charge in [-0.15, -0.1) is 6.58 Å². The normalized spacial score (nSPS) is 26.8. The minimum absolute atomic E-state index is 0.0473. The number of carbonyl (C=O) groups excluding carboxylic acids is 1. The second-order valence-electron chi connectivity index (χ2n) is 9.49. The molecule has 0 bridgehead atoms. The first kappa shape index (κ1) is 23.7.